The zero-order valence-electron chi connectivity index (χ0n) is 10.6. The maximum atomic E-state index is 13.1. The van der Waals surface area contributed by atoms with E-state index < -0.39 is 5.82 Å². The highest BCUT2D eigenvalue weighted by Crippen LogP contribution is 2.17. The molecule has 0 aliphatic rings. The van der Waals surface area contributed by atoms with Gasteiger partial charge in [0.25, 0.3) is 0 Å². The Kier molecular flexibility index (Phi) is 4.47. The molecule has 6 heteroatoms. The number of amides is 1. The monoisotopic (exact) mass is 292 g/mol. The van der Waals surface area contributed by atoms with Crippen LogP contribution in [0.25, 0.3) is 0 Å². The molecule has 1 aromatic heterocycles. The van der Waals surface area contributed by atoms with Crippen molar-refractivity contribution in [2.24, 2.45) is 5.73 Å². The lowest BCUT2D eigenvalue weighted by molar-refractivity contribution is -0.116. The number of nitrogens with one attached hydrogen (secondary N) is 1. The molecule has 1 aromatic carbocycles. The van der Waals surface area contributed by atoms with Crippen LogP contribution in [0.3, 0.4) is 0 Å². The number of benzene rings is 1. The molecule has 4 nitrogen and oxygen atoms in total. The number of carbonyl (C=O) groups excluding carboxylic acids is 1. The van der Waals surface area contributed by atoms with E-state index in [4.69, 9.17) is 22.4 Å². The minimum atomic E-state index is -0.457. The summed E-state index contributed by atoms with van der Waals surface area (Å²) in [7, 11) is 0. The van der Waals surface area contributed by atoms with Gasteiger partial charge in [0.2, 0.25) is 5.91 Å². The number of aryl methyl sites for hydroxylation is 1. The Morgan fingerprint density at radius 3 is 2.85 bits per heavy atom. The normalized spacial score (nSPS) is 10.2. The summed E-state index contributed by atoms with van der Waals surface area (Å²) in [6, 6.07) is 7.44. The minimum Gasteiger partial charge on any atom is -0.469 e. The van der Waals surface area contributed by atoms with Crippen molar-refractivity contribution in [2.75, 3.05) is 5.32 Å². The van der Waals surface area contributed by atoms with Crippen molar-refractivity contribution in [1.82, 2.24) is 0 Å². The molecule has 0 aliphatic heterocycles. The average Bonchev–Trinajstić information content (AvgIpc) is 2.91. The molecule has 0 unspecified atom stereocenters. The topological polar surface area (TPSA) is 68.3 Å². The summed E-state index contributed by atoms with van der Waals surface area (Å²) in [4.78, 5) is 11.9. The van der Waals surface area contributed by atoms with Crippen molar-refractivity contribution in [2.45, 2.75) is 12.8 Å². The fourth-order valence-electron chi connectivity index (χ4n) is 1.73. The van der Waals surface area contributed by atoms with Gasteiger partial charge < -0.3 is 15.5 Å². The van der Waals surface area contributed by atoms with Crippen molar-refractivity contribution in [3.63, 3.8) is 0 Å². The molecule has 1 heterocycles. The van der Waals surface area contributed by atoms with E-state index in [-0.39, 0.29) is 17.3 Å². The Balaban J connectivity index is 2.02. The predicted octanol–water partition coefficient (Wildman–Crippen LogP) is 2.62. The van der Waals surface area contributed by atoms with Crippen LogP contribution < -0.4 is 11.1 Å². The van der Waals surface area contributed by atoms with Crippen molar-refractivity contribution in [3.05, 3.63) is 53.7 Å². The van der Waals surface area contributed by atoms with Crippen LogP contribution >= 0.6 is 12.2 Å². The van der Waals surface area contributed by atoms with Gasteiger partial charge in [-0.1, -0.05) is 12.2 Å². The number of hydrogen-bond donors (Lipinski definition) is 2. The first-order valence-corrected chi connectivity index (χ1v) is 6.38. The Bertz CT molecular complexity index is 626. The summed E-state index contributed by atoms with van der Waals surface area (Å²) < 4.78 is 18.3. The van der Waals surface area contributed by atoms with Crippen LogP contribution in [-0.4, -0.2) is 10.9 Å². The number of rotatable bonds is 5. The highest BCUT2D eigenvalue weighted by atomic mass is 32.1. The van der Waals surface area contributed by atoms with Crippen LogP contribution in [0.4, 0.5) is 10.1 Å². The molecule has 2 rings (SSSR count). The fraction of sp³-hybridized carbons (Fsp3) is 0.143. The molecule has 1 amide bonds. The molecule has 0 spiro atoms. The molecule has 3 N–H and O–H groups in total. The highest BCUT2D eigenvalue weighted by Gasteiger charge is 2.10. The van der Waals surface area contributed by atoms with E-state index in [0.29, 0.717) is 17.7 Å². The van der Waals surface area contributed by atoms with Crippen LogP contribution in [0, 0.1) is 5.82 Å². The Morgan fingerprint density at radius 1 is 1.40 bits per heavy atom. The number of anilines is 1. The molecular weight excluding hydrogens is 279 g/mol. The molecule has 0 saturated heterocycles. The highest BCUT2D eigenvalue weighted by molar-refractivity contribution is 7.80. The standard InChI is InChI=1S/C14H13FN2O2S/c15-9-3-5-12(11(8-9)14(16)20)17-13(18)6-4-10-2-1-7-19-10/h1-3,5,7-8H,4,6H2,(H2,16,20)(H,17,18). The molecule has 0 aliphatic carbocycles. The summed E-state index contributed by atoms with van der Waals surface area (Å²) >= 11 is 4.84. The average molecular weight is 292 g/mol. The van der Waals surface area contributed by atoms with E-state index in [9.17, 15) is 9.18 Å². The SMILES string of the molecule is NC(=S)c1cc(F)ccc1NC(=O)CCc1ccco1. The maximum absolute atomic E-state index is 13.1. The second kappa shape index (κ2) is 6.29. The third-order valence-corrected chi connectivity index (χ3v) is 2.92. The van der Waals surface area contributed by atoms with Crippen molar-refractivity contribution < 1.29 is 13.6 Å². The quantitative estimate of drug-likeness (QED) is 0.831. The summed E-state index contributed by atoms with van der Waals surface area (Å²) in [6.45, 7) is 0. The second-order valence-corrected chi connectivity index (χ2v) is 4.62. The van der Waals surface area contributed by atoms with E-state index in [1.165, 1.54) is 18.2 Å². The first kappa shape index (κ1) is 14.2. The third-order valence-electron chi connectivity index (χ3n) is 2.70. The van der Waals surface area contributed by atoms with Gasteiger partial charge in [0.15, 0.2) is 0 Å². The molecule has 0 bridgehead atoms. The Labute approximate surface area is 120 Å². The van der Waals surface area contributed by atoms with Gasteiger partial charge in [-0.05, 0) is 30.3 Å². The minimum absolute atomic E-state index is 0.0332. The first-order chi connectivity index (χ1) is 9.56. The van der Waals surface area contributed by atoms with Crippen molar-refractivity contribution in [3.8, 4) is 0 Å². The number of furan rings is 1. The van der Waals surface area contributed by atoms with Gasteiger partial charge in [-0.25, -0.2) is 4.39 Å². The maximum Gasteiger partial charge on any atom is 0.224 e. The molecule has 0 fully saturated rings. The van der Waals surface area contributed by atoms with Gasteiger partial charge in [-0.2, -0.15) is 0 Å². The number of carbonyl (C=O) groups is 1. The zero-order valence-corrected chi connectivity index (χ0v) is 11.4. The number of halogens is 1. The van der Waals surface area contributed by atoms with E-state index in [2.05, 4.69) is 5.32 Å². The summed E-state index contributed by atoms with van der Waals surface area (Å²) in [5.74, 6) is 0.0562. The fourth-order valence-corrected chi connectivity index (χ4v) is 1.90. The van der Waals surface area contributed by atoms with Crippen molar-refractivity contribution in [1.29, 1.82) is 0 Å². The number of nitrogens with two attached hydrogens (primary N) is 1. The smallest absolute Gasteiger partial charge is 0.224 e. The van der Waals surface area contributed by atoms with Crippen LogP contribution in [0.1, 0.15) is 17.7 Å². The van der Waals surface area contributed by atoms with Gasteiger partial charge in [-0.3, -0.25) is 4.79 Å². The van der Waals surface area contributed by atoms with E-state index >= 15 is 0 Å². The van der Waals surface area contributed by atoms with E-state index in [1.807, 2.05) is 0 Å². The predicted molar refractivity (Wildman–Crippen MR) is 77.9 cm³/mol. The van der Waals surface area contributed by atoms with E-state index in [0.717, 1.165) is 5.76 Å². The van der Waals surface area contributed by atoms with Crippen LogP contribution in [0.2, 0.25) is 0 Å². The molecule has 2 aromatic rings. The van der Waals surface area contributed by atoms with E-state index in [1.54, 1.807) is 18.4 Å². The summed E-state index contributed by atoms with van der Waals surface area (Å²) in [6.07, 6.45) is 2.29. The molecule has 0 radical (unpaired) electrons. The van der Waals surface area contributed by atoms with Gasteiger partial charge in [0, 0.05) is 18.4 Å². The molecular formula is C14H13FN2O2S. The lowest BCUT2D eigenvalue weighted by Gasteiger charge is -2.10. The van der Waals surface area contributed by atoms with Gasteiger partial charge in [0.05, 0.1) is 12.0 Å². The third kappa shape index (κ3) is 3.64. The summed E-state index contributed by atoms with van der Waals surface area (Å²) in [5, 5.41) is 2.67. The van der Waals surface area contributed by atoms with Gasteiger partial charge >= 0.3 is 0 Å². The molecule has 0 atom stereocenters. The van der Waals surface area contributed by atoms with Crippen LogP contribution in [0.5, 0.6) is 0 Å². The number of hydrogen-bond acceptors (Lipinski definition) is 3. The second-order valence-electron chi connectivity index (χ2n) is 4.18. The molecule has 20 heavy (non-hydrogen) atoms. The zero-order chi connectivity index (χ0) is 14.5. The number of thiocarbonyl (C=S) groups is 1. The Hall–Kier alpha value is -2.21. The van der Waals surface area contributed by atoms with Gasteiger partial charge in [-0.15, -0.1) is 0 Å². The molecule has 104 valence electrons. The molecule has 0 saturated carbocycles. The lowest BCUT2D eigenvalue weighted by Crippen LogP contribution is -2.18. The van der Waals surface area contributed by atoms with Gasteiger partial charge in [0.1, 0.15) is 16.6 Å². The van der Waals surface area contributed by atoms with Crippen molar-refractivity contribution >= 4 is 28.8 Å². The first-order valence-electron chi connectivity index (χ1n) is 5.98. The summed E-state index contributed by atoms with van der Waals surface area (Å²) in [5.41, 5.74) is 6.23. The largest absolute Gasteiger partial charge is 0.469 e. The van der Waals surface area contributed by atoms with Crippen LogP contribution in [-0.2, 0) is 11.2 Å². The lowest BCUT2D eigenvalue weighted by atomic mass is 10.1. The van der Waals surface area contributed by atoms with Crippen LogP contribution in [0.15, 0.2) is 41.0 Å². The Morgan fingerprint density at radius 2 is 2.20 bits per heavy atom.